The normalized spacial score (nSPS) is 17.7. The first-order valence-electron chi connectivity index (χ1n) is 11.1. The number of aliphatic imine (C=N–C) groups is 1. The van der Waals surface area contributed by atoms with Gasteiger partial charge >= 0.3 is 11.9 Å². The van der Waals surface area contributed by atoms with E-state index in [1.807, 2.05) is 48.5 Å². The van der Waals surface area contributed by atoms with Crippen LogP contribution in [-0.4, -0.2) is 42.7 Å². The maximum atomic E-state index is 12.4. The average Bonchev–Trinajstić information content (AvgIpc) is 3.16. The van der Waals surface area contributed by atoms with E-state index in [4.69, 9.17) is 30.8 Å². The number of carbonyl (C=O) groups is 2. The highest BCUT2D eigenvalue weighted by Crippen LogP contribution is 2.52. The van der Waals surface area contributed by atoms with E-state index in [0.29, 0.717) is 18.8 Å². The maximum absolute atomic E-state index is 12.4. The summed E-state index contributed by atoms with van der Waals surface area (Å²) < 4.78 is 15.8. The quantitative estimate of drug-likeness (QED) is 0.231. The van der Waals surface area contributed by atoms with Gasteiger partial charge in [-0.25, -0.2) is 9.79 Å². The summed E-state index contributed by atoms with van der Waals surface area (Å²) in [5.41, 5.74) is 0.809. The number of hydrogen-bond acceptors (Lipinski definition) is 7. The van der Waals surface area contributed by atoms with E-state index in [1.165, 1.54) is 17.8 Å². The van der Waals surface area contributed by atoms with Gasteiger partial charge in [-0.3, -0.25) is 4.79 Å². The molecule has 0 aliphatic carbocycles. The molecule has 1 aliphatic heterocycles. The van der Waals surface area contributed by atoms with Crippen LogP contribution in [0.3, 0.4) is 0 Å². The zero-order valence-corrected chi connectivity index (χ0v) is 21.0. The summed E-state index contributed by atoms with van der Waals surface area (Å²) in [6, 6.07) is 15.4. The van der Waals surface area contributed by atoms with Crippen molar-refractivity contribution in [2.24, 2.45) is 4.99 Å². The molecule has 0 radical (unpaired) electrons. The van der Waals surface area contributed by atoms with Crippen LogP contribution >= 0.6 is 23.4 Å². The van der Waals surface area contributed by atoms with Gasteiger partial charge in [-0.1, -0.05) is 48.2 Å². The number of benzene rings is 2. The summed E-state index contributed by atoms with van der Waals surface area (Å²) >= 11 is 8.48. The van der Waals surface area contributed by atoms with Crippen LogP contribution < -0.4 is 4.74 Å². The molecule has 6 nitrogen and oxygen atoms in total. The summed E-state index contributed by atoms with van der Waals surface area (Å²) in [4.78, 5) is 30.2. The fraction of sp³-hybridized carbons (Fsp3) is 0.346. The molecule has 3 rings (SSSR count). The number of esters is 2. The minimum Gasteiger partial charge on any atom is -0.496 e. The van der Waals surface area contributed by atoms with E-state index in [2.05, 4.69) is 0 Å². The number of methoxy groups -OCH3 is 1. The third-order valence-electron chi connectivity index (χ3n) is 5.45. The molecule has 34 heavy (non-hydrogen) atoms. The van der Waals surface area contributed by atoms with Gasteiger partial charge < -0.3 is 14.2 Å². The molecule has 0 aromatic heterocycles. The Bertz CT molecular complexity index is 1090. The number of rotatable bonds is 10. The van der Waals surface area contributed by atoms with Crippen molar-refractivity contribution in [2.45, 2.75) is 42.4 Å². The van der Waals surface area contributed by atoms with Crippen LogP contribution in [0.2, 0.25) is 0 Å². The molecule has 1 heterocycles. The smallest absolute Gasteiger partial charge is 0.330 e. The van der Waals surface area contributed by atoms with Gasteiger partial charge in [0.15, 0.2) is 0 Å². The molecule has 0 unspecified atom stereocenters. The maximum Gasteiger partial charge on any atom is 0.330 e. The van der Waals surface area contributed by atoms with Crippen LogP contribution in [0.25, 0.3) is 0 Å². The molecule has 0 saturated heterocycles. The van der Waals surface area contributed by atoms with Gasteiger partial charge in [0.2, 0.25) is 0 Å². The zero-order chi connectivity index (χ0) is 24.6. The molecule has 180 valence electrons. The van der Waals surface area contributed by atoms with Crippen molar-refractivity contribution in [3.05, 3.63) is 66.2 Å². The Hall–Kier alpha value is -2.77. The number of ether oxygens (including phenoxy) is 3. The Labute approximate surface area is 209 Å². The number of carbonyl (C=O) groups excluding carboxylic acids is 2. The fourth-order valence-corrected chi connectivity index (χ4v) is 5.63. The van der Waals surface area contributed by atoms with E-state index >= 15 is 0 Å². The number of alkyl halides is 1. The number of allylic oxidation sites excluding steroid dienone is 1. The Morgan fingerprint density at radius 3 is 2.53 bits per heavy atom. The average molecular weight is 502 g/mol. The standard InChI is InChI=1S/C26H28ClNO5S/c1-4-32-23(29)15-14-22(27)26(17-16-24(30)33-5-2)18-10-6-7-11-19(18)28-25(26)34-21-13-9-8-12-20(21)31-3/h6-15,22H,4-5,16-17H2,1-3H3/b15-14+/t22-,26-/m0/s1. The highest BCUT2D eigenvalue weighted by atomic mass is 35.5. The van der Waals surface area contributed by atoms with Crippen LogP contribution in [-0.2, 0) is 24.5 Å². The van der Waals surface area contributed by atoms with E-state index in [-0.39, 0.29) is 19.0 Å². The molecular weight excluding hydrogens is 474 g/mol. The number of nitrogens with zero attached hydrogens (tertiary/aromatic N) is 1. The molecule has 0 N–H and O–H groups in total. The van der Waals surface area contributed by atoms with Gasteiger partial charge in [0.25, 0.3) is 0 Å². The van der Waals surface area contributed by atoms with Gasteiger partial charge in [-0.15, -0.1) is 11.6 Å². The third-order valence-corrected chi connectivity index (χ3v) is 7.18. The van der Waals surface area contributed by atoms with Crippen molar-refractivity contribution in [3.8, 4) is 5.75 Å². The van der Waals surface area contributed by atoms with Crippen LogP contribution in [0, 0.1) is 0 Å². The van der Waals surface area contributed by atoms with Gasteiger partial charge in [-0.2, -0.15) is 0 Å². The summed E-state index contributed by atoms with van der Waals surface area (Å²) in [5, 5.41) is 0.0342. The lowest BCUT2D eigenvalue weighted by atomic mass is 9.75. The van der Waals surface area contributed by atoms with Crippen LogP contribution in [0.4, 0.5) is 5.69 Å². The number of para-hydroxylation sites is 2. The molecule has 8 heteroatoms. The molecule has 0 spiro atoms. The SMILES string of the molecule is CCOC(=O)/C=C/[C@H](Cl)[C@@]1(CCC(=O)OCC)C(Sc2ccccc2OC)=Nc2ccccc21. The second kappa shape index (κ2) is 12.1. The van der Waals surface area contributed by atoms with Gasteiger partial charge in [0.05, 0.1) is 46.7 Å². The Morgan fingerprint density at radius 2 is 1.79 bits per heavy atom. The molecule has 2 aromatic rings. The highest BCUT2D eigenvalue weighted by Gasteiger charge is 2.49. The Kier molecular flexibility index (Phi) is 9.19. The number of fused-ring (bicyclic) bond motifs is 1. The fourth-order valence-electron chi connectivity index (χ4n) is 3.89. The predicted molar refractivity (Wildman–Crippen MR) is 135 cm³/mol. The van der Waals surface area contributed by atoms with Gasteiger partial charge in [-0.05, 0) is 44.0 Å². The summed E-state index contributed by atoms with van der Waals surface area (Å²) in [6.07, 6.45) is 3.44. The van der Waals surface area contributed by atoms with E-state index < -0.39 is 16.8 Å². The molecule has 2 aromatic carbocycles. The number of halogens is 1. The molecule has 0 amide bonds. The van der Waals surface area contributed by atoms with Gasteiger partial charge in [0.1, 0.15) is 5.75 Å². The van der Waals surface area contributed by atoms with Crippen molar-refractivity contribution in [1.82, 2.24) is 0 Å². The predicted octanol–water partition coefficient (Wildman–Crippen LogP) is 5.84. The van der Waals surface area contributed by atoms with Crippen molar-refractivity contribution in [2.75, 3.05) is 20.3 Å². The molecule has 0 saturated carbocycles. The minimum atomic E-state index is -0.862. The second-order valence-electron chi connectivity index (χ2n) is 7.48. The van der Waals surface area contributed by atoms with Crippen LogP contribution in [0.1, 0.15) is 32.3 Å². The largest absolute Gasteiger partial charge is 0.496 e. The first kappa shape index (κ1) is 25.8. The number of hydrogen-bond donors (Lipinski definition) is 0. The third kappa shape index (κ3) is 5.65. The lowest BCUT2D eigenvalue weighted by Gasteiger charge is -2.35. The van der Waals surface area contributed by atoms with E-state index in [1.54, 1.807) is 27.0 Å². The van der Waals surface area contributed by atoms with Gasteiger partial charge in [0, 0.05) is 12.5 Å². The van der Waals surface area contributed by atoms with Crippen molar-refractivity contribution < 1.29 is 23.8 Å². The zero-order valence-electron chi connectivity index (χ0n) is 19.5. The first-order chi connectivity index (χ1) is 16.5. The number of thioether (sulfide) groups is 1. The topological polar surface area (TPSA) is 74.2 Å². The molecular formula is C26H28ClNO5S. The monoisotopic (exact) mass is 501 g/mol. The highest BCUT2D eigenvalue weighted by molar-refractivity contribution is 8.14. The summed E-state index contributed by atoms with van der Waals surface area (Å²) in [5.74, 6) is -0.0828. The molecule has 1 aliphatic rings. The molecule has 0 bridgehead atoms. The summed E-state index contributed by atoms with van der Waals surface area (Å²) in [6.45, 7) is 4.08. The second-order valence-corrected chi connectivity index (χ2v) is 8.98. The van der Waals surface area contributed by atoms with E-state index in [0.717, 1.165) is 21.2 Å². The lowest BCUT2D eigenvalue weighted by molar-refractivity contribution is -0.143. The Morgan fingerprint density at radius 1 is 1.09 bits per heavy atom. The van der Waals surface area contributed by atoms with Crippen molar-refractivity contribution in [3.63, 3.8) is 0 Å². The lowest BCUT2D eigenvalue weighted by Crippen LogP contribution is -2.40. The van der Waals surface area contributed by atoms with E-state index in [9.17, 15) is 9.59 Å². The van der Waals surface area contributed by atoms with Crippen LogP contribution in [0.15, 0.2) is 70.6 Å². The minimum absolute atomic E-state index is 0.143. The van der Waals surface area contributed by atoms with Crippen LogP contribution in [0.5, 0.6) is 5.75 Å². The molecule has 0 fully saturated rings. The molecule has 2 atom stereocenters. The van der Waals surface area contributed by atoms with Crippen molar-refractivity contribution >= 4 is 46.0 Å². The van der Waals surface area contributed by atoms with Crippen molar-refractivity contribution in [1.29, 1.82) is 0 Å². The Balaban J connectivity index is 2.08. The summed E-state index contributed by atoms with van der Waals surface area (Å²) in [7, 11) is 1.62. The first-order valence-corrected chi connectivity index (χ1v) is 12.4.